The number of likely N-dealkylation sites (tertiary alicyclic amines) is 1. The van der Waals surface area contributed by atoms with Crippen LogP contribution in [0, 0.1) is 0 Å². The number of carbonyl (C=O) groups is 1. The molecule has 236 valence electrons. The van der Waals surface area contributed by atoms with Crippen LogP contribution in [0.15, 0.2) is 72.8 Å². The fourth-order valence-corrected chi connectivity index (χ4v) is 7.43. The number of aryl methyl sites for hydroxylation is 1. The zero-order valence-corrected chi connectivity index (χ0v) is 27.3. The quantitative estimate of drug-likeness (QED) is 0.329. The van der Waals surface area contributed by atoms with Gasteiger partial charge in [0.05, 0.1) is 23.9 Å². The van der Waals surface area contributed by atoms with Gasteiger partial charge in [0.15, 0.2) is 5.75 Å². The summed E-state index contributed by atoms with van der Waals surface area (Å²) in [4.78, 5) is 23.1. The summed E-state index contributed by atoms with van der Waals surface area (Å²) in [5, 5.41) is 11.5. The normalized spacial score (nSPS) is 19.7. The molecule has 44 heavy (non-hydrogen) atoms. The maximum atomic E-state index is 14.1. The van der Waals surface area contributed by atoms with Crippen LogP contribution in [-0.4, -0.2) is 105 Å². The number of methoxy groups -OCH3 is 1. The first-order valence-electron chi connectivity index (χ1n) is 15.9. The largest absolute Gasteiger partial charge is 0.493 e. The highest BCUT2D eigenvalue weighted by Gasteiger charge is 2.44. The first-order chi connectivity index (χ1) is 21.3. The molecule has 8 heteroatoms. The Hall–Kier alpha value is -3.10. The van der Waals surface area contributed by atoms with Gasteiger partial charge in [-0.05, 0) is 48.1 Å². The molecule has 2 fully saturated rings. The highest BCUT2D eigenvalue weighted by Crippen LogP contribution is 2.39. The molecule has 0 radical (unpaired) electrons. The number of aliphatic hydroxyl groups is 1. The number of hydrogen-bond acceptors (Lipinski definition) is 6. The molecule has 0 aliphatic carbocycles. The standard InChI is InChI=1S/C36H47ClN4O3/c1-5-27-22-32(37)34(44-4)33(23-27)40-20-18-39(19-21-40)25-30-24-31(42)26-41(30)17-16-36(35(43)38(2)3,28-12-8-6-9-13-28)29-14-10-7-11-15-29/h6-15,22-23,30-31,42H,5,16-21,24-26H2,1-4H3/t30-,31+/m0/s1. The van der Waals surface area contributed by atoms with Crippen molar-refractivity contribution < 1.29 is 14.6 Å². The minimum absolute atomic E-state index is 0.0741. The van der Waals surface area contributed by atoms with Crippen molar-refractivity contribution in [3.8, 4) is 5.75 Å². The number of β-amino-alcohol motifs (C(OH)–C–C–N with tert-alkyl or cyclic N) is 1. The highest BCUT2D eigenvalue weighted by atomic mass is 35.5. The number of rotatable bonds is 11. The zero-order chi connectivity index (χ0) is 31.3. The van der Waals surface area contributed by atoms with E-state index in [9.17, 15) is 9.90 Å². The van der Waals surface area contributed by atoms with Crippen LogP contribution in [0.4, 0.5) is 5.69 Å². The number of likely N-dealkylation sites (N-methyl/N-ethyl adjacent to an activating group) is 1. The van der Waals surface area contributed by atoms with E-state index < -0.39 is 5.41 Å². The molecule has 2 atom stereocenters. The van der Waals surface area contributed by atoms with Crippen LogP contribution in [0.3, 0.4) is 0 Å². The molecule has 0 bridgehead atoms. The third kappa shape index (κ3) is 6.76. The lowest BCUT2D eigenvalue weighted by Gasteiger charge is -2.40. The first kappa shape index (κ1) is 32.3. The van der Waals surface area contributed by atoms with E-state index in [0.717, 1.165) is 68.1 Å². The summed E-state index contributed by atoms with van der Waals surface area (Å²) in [6.07, 6.45) is 1.93. The summed E-state index contributed by atoms with van der Waals surface area (Å²) in [5.74, 6) is 0.819. The lowest BCUT2D eigenvalue weighted by atomic mass is 9.70. The Morgan fingerprint density at radius 1 is 1.00 bits per heavy atom. The third-order valence-electron chi connectivity index (χ3n) is 9.46. The van der Waals surface area contributed by atoms with E-state index >= 15 is 0 Å². The topological polar surface area (TPSA) is 59.5 Å². The fraction of sp³-hybridized carbons (Fsp3) is 0.472. The van der Waals surface area contributed by atoms with E-state index in [-0.39, 0.29) is 18.1 Å². The number of nitrogens with zero attached hydrogens (tertiary/aromatic N) is 4. The Bertz CT molecular complexity index is 1340. The minimum Gasteiger partial charge on any atom is -0.493 e. The number of benzene rings is 3. The smallest absolute Gasteiger partial charge is 0.237 e. The van der Waals surface area contributed by atoms with Crippen LogP contribution in [0.25, 0.3) is 0 Å². The molecule has 3 aromatic carbocycles. The van der Waals surface area contributed by atoms with Crippen LogP contribution in [0.2, 0.25) is 5.02 Å². The molecule has 0 spiro atoms. The van der Waals surface area contributed by atoms with Crippen LogP contribution >= 0.6 is 11.6 Å². The first-order valence-corrected chi connectivity index (χ1v) is 16.2. The van der Waals surface area contributed by atoms with E-state index in [2.05, 4.69) is 52.0 Å². The fourth-order valence-electron chi connectivity index (χ4n) is 7.11. The molecule has 2 heterocycles. The van der Waals surface area contributed by atoms with E-state index in [1.54, 1.807) is 12.0 Å². The van der Waals surface area contributed by atoms with E-state index in [1.807, 2.05) is 56.6 Å². The van der Waals surface area contributed by atoms with Crippen molar-refractivity contribution in [2.45, 2.75) is 43.7 Å². The molecular weight excluding hydrogens is 572 g/mol. The number of halogens is 1. The predicted molar refractivity (Wildman–Crippen MR) is 179 cm³/mol. The molecule has 0 saturated carbocycles. The van der Waals surface area contributed by atoms with Crippen LogP contribution in [0.5, 0.6) is 5.75 Å². The van der Waals surface area contributed by atoms with Crippen LogP contribution < -0.4 is 9.64 Å². The Morgan fingerprint density at radius 2 is 1.61 bits per heavy atom. The van der Waals surface area contributed by atoms with Crippen molar-refractivity contribution in [1.29, 1.82) is 0 Å². The number of carbonyl (C=O) groups excluding carboxylic acids is 1. The van der Waals surface area contributed by atoms with Gasteiger partial charge in [-0.1, -0.05) is 79.2 Å². The summed E-state index contributed by atoms with van der Waals surface area (Å²) in [5.41, 5.74) is 3.46. The van der Waals surface area contributed by atoms with Crippen molar-refractivity contribution in [1.82, 2.24) is 14.7 Å². The Labute approximate surface area is 268 Å². The second-order valence-electron chi connectivity index (χ2n) is 12.4. The number of amides is 1. The molecule has 0 aromatic heterocycles. The Morgan fingerprint density at radius 3 is 2.16 bits per heavy atom. The van der Waals surface area contributed by atoms with Gasteiger partial charge in [-0.25, -0.2) is 0 Å². The lowest BCUT2D eigenvalue weighted by Crippen LogP contribution is -2.51. The van der Waals surface area contributed by atoms with E-state index in [0.29, 0.717) is 24.5 Å². The second-order valence-corrected chi connectivity index (χ2v) is 12.8. The molecule has 1 amide bonds. The van der Waals surface area contributed by atoms with Crippen LogP contribution in [0.1, 0.15) is 36.5 Å². The molecule has 7 nitrogen and oxygen atoms in total. The molecule has 1 N–H and O–H groups in total. The van der Waals surface area contributed by atoms with Crippen molar-refractivity contribution in [2.75, 3.05) is 71.9 Å². The molecule has 0 unspecified atom stereocenters. The van der Waals surface area contributed by atoms with Crippen molar-refractivity contribution in [2.24, 2.45) is 0 Å². The summed E-state index contributed by atoms with van der Waals surface area (Å²) in [6.45, 7) is 7.99. The number of hydrogen-bond donors (Lipinski definition) is 1. The molecule has 5 rings (SSSR count). The summed E-state index contributed by atoms with van der Waals surface area (Å²) < 4.78 is 5.69. The Balaban J connectivity index is 1.31. The average molecular weight is 619 g/mol. The van der Waals surface area contributed by atoms with E-state index in [4.69, 9.17) is 16.3 Å². The molecule has 3 aromatic rings. The molecule has 2 saturated heterocycles. The van der Waals surface area contributed by atoms with Gasteiger partial charge in [-0.15, -0.1) is 0 Å². The van der Waals surface area contributed by atoms with Gasteiger partial charge < -0.3 is 19.6 Å². The SMILES string of the molecule is CCc1cc(Cl)c(OC)c(N2CCN(C[C@@H]3C[C@@H](O)CN3CCC(C(=O)N(C)C)(c3ccccc3)c3ccccc3)CC2)c1. The summed E-state index contributed by atoms with van der Waals surface area (Å²) in [6, 6.07) is 24.8. The predicted octanol–water partition coefficient (Wildman–Crippen LogP) is 4.93. The number of ether oxygens (including phenoxy) is 1. The summed E-state index contributed by atoms with van der Waals surface area (Å²) in [7, 11) is 5.36. The van der Waals surface area contributed by atoms with Crippen molar-refractivity contribution in [3.63, 3.8) is 0 Å². The monoisotopic (exact) mass is 618 g/mol. The molecular formula is C36H47ClN4O3. The van der Waals surface area contributed by atoms with Gasteiger partial charge in [0.25, 0.3) is 0 Å². The molecule has 2 aliphatic rings. The van der Waals surface area contributed by atoms with E-state index in [1.165, 1.54) is 5.56 Å². The molecule has 2 aliphatic heterocycles. The number of anilines is 1. The van der Waals surface area contributed by atoms with Crippen LogP contribution in [-0.2, 0) is 16.6 Å². The maximum Gasteiger partial charge on any atom is 0.237 e. The number of aliphatic hydroxyl groups excluding tert-OH is 1. The van der Waals surface area contributed by atoms with Gasteiger partial charge in [-0.3, -0.25) is 14.6 Å². The van der Waals surface area contributed by atoms with Gasteiger partial charge in [0.2, 0.25) is 5.91 Å². The van der Waals surface area contributed by atoms with Gasteiger partial charge in [0, 0.05) is 66.0 Å². The summed E-state index contributed by atoms with van der Waals surface area (Å²) >= 11 is 6.57. The lowest BCUT2D eigenvalue weighted by molar-refractivity contribution is -0.133. The highest BCUT2D eigenvalue weighted by molar-refractivity contribution is 6.32. The minimum atomic E-state index is -0.816. The van der Waals surface area contributed by atoms with Gasteiger partial charge >= 0.3 is 0 Å². The third-order valence-corrected chi connectivity index (χ3v) is 9.74. The number of piperazine rings is 1. The maximum absolute atomic E-state index is 14.1. The Kier molecular flexibility index (Phi) is 10.5. The van der Waals surface area contributed by atoms with Gasteiger partial charge in [-0.2, -0.15) is 0 Å². The van der Waals surface area contributed by atoms with Crippen molar-refractivity contribution >= 4 is 23.2 Å². The van der Waals surface area contributed by atoms with Crippen molar-refractivity contribution in [3.05, 3.63) is 94.5 Å². The van der Waals surface area contributed by atoms with Gasteiger partial charge in [0.1, 0.15) is 5.41 Å². The second kappa shape index (κ2) is 14.3. The zero-order valence-electron chi connectivity index (χ0n) is 26.6. The average Bonchev–Trinajstić information content (AvgIpc) is 3.40.